The van der Waals surface area contributed by atoms with Crippen LogP contribution in [-0.2, 0) is 23.1 Å². The van der Waals surface area contributed by atoms with Crippen molar-refractivity contribution in [1.82, 2.24) is 14.4 Å². The van der Waals surface area contributed by atoms with Crippen molar-refractivity contribution in [3.63, 3.8) is 0 Å². The van der Waals surface area contributed by atoms with Crippen LogP contribution in [0.2, 0.25) is 0 Å². The molecule has 0 aliphatic carbocycles. The number of hydrogen-bond donors (Lipinski definition) is 0. The van der Waals surface area contributed by atoms with E-state index in [1.807, 2.05) is 70.1 Å². The number of ether oxygens (including phenoxy) is 1. The molecular weight excluding hydrogens is 464 g/mol. The van der Waals surface area contributed by atoms with Crippen molar-refractivity contribution in [3.8, 4) is 0 Å². The van der Waals surface area contributed by atoms with Gasteiger partial charge in [0.2, 0.25) is 5.91 Å². The number of aryl methyl sites for hydroxylation is 1. The van der Waals surface area contributed by atoms with Crippen molar-refractivity contribution in [2.24, 2.45) is 7.05 Å². The number of fused-ring (bicyclic) bond motifs is 2. The van der Waals surface area contributed by atoms with Crippen molar-refractivity contribution in [2.75, 3.05) is 44.3 Å². The van der Waals surface area contributed by atoms with E-state index in [0.29, 0.717) is 25.7 Å². The Morgan fingerprint density at radius 1 is 0.892 bits per heavy atom. The molecule has 7 nitrogen and oxygen atoms in total. The lowest BCUT2D eigenvalue weighted by Gasteiger charge is -2.36. The Kier molecular flexibility index (Phi) is 7.91. The van der Waals surface area contributed by atoms with E-state index in [9.17, 15) is 9.59 Å². The van der Waals surface area contributed by atoms with Crippen LogP contribution in [0.25, 0.3) is 10.9 Å². The molecule has 0 radical (unpaired) electrons. The fourth-order valence-corrected chi connectivity index (χ4v) is 5.92. The molecule has 3 heterocycles. The summed E-state index contributed by atoms with van der Waals surface area (Å²) in [7, 11) is 1.99. The maximum atomic E-state index is 14.1. The second kappa shape index (κ2) is 11.5. The molecule has 0 unspecified atom stereocenters. The number of rotatable bonds is 2. The highest BCUT2D eigenvalue weighted by atomic mass is 16.5. The fraction of sp³-hybridized carbons (Fsp3) is 0.467. The minimum atomic E-state index is 0.0362. The molecule has 0 bridgehead atoms. The summed E-state index contributed by atoms with van der Waals surface area (Å²) in [4.78, 5) is 33.2. The summed E-state index contributed by atoms with van der Waals surface area (Å²) < 4.78 is 7.64. The molecule has 37 heavy (non-hydrogen) atoms. The van der Waals surface area contributed by atoms with Crippen molar-refractivity contribution >= 4 is 28.4 Å². The first-order valence-electron chi connectivity index (χ1n) is 13.5. The van der Waals surface area contributed by atoms with Gasteiger partial charge in [-0.1, -0.05) is 36.4 Å². The van der Waals surface area contributed by atoms with Gasteiger partial charge < -0.3 is 24.0 Å². The summed E-state index contributed by atoms with van der Waals surface area (Å²) in [5, 5.41) is 0.976. The zero-order valence-corrected chi connectivity index (χ0v) is 22.1. The average Bonchev–Trinajstić information content (AvgIpc) is 3.25. The quantitative estimate of drug-likeness (QED) is 0.520. The van der Waals surface area contributed by atoms with Crippen molar-refractivity contribution in [1.29, 1.82) is 0 Å². The van der Waals surface area contributed by atoms with Crippen molar-refractivity contribution in [2.45, 2.75) is 45.2 Å². The molecule has 1 aromatic heterocycles. The summed E-state index contributed by atoms with van der Waals surface area (Å²) in [6.45, 7) is 6.93. The summed E-state index contributed by atoms with van der Waals surface area (Å²) in [6, 6.07) is 16.6. The van der Waals surface area contributed by atoms with Crippen LogP contribution >= 0.6 is 0 Å². The molecule has 1 saturated heterocycles. The van der Waals surface area contributed by atoms with Gasteiger partial charge in [-0.25, -0.2) is 0 Å². The van der Waals surface area contributed by atoms with E-state index in [4.69, 9.17) is 4.74 Å². The highest BCUT2D eigenvalue weighted by molar-refractivity contribution is 6.07. The van der Waals surface area contributed by atoms with Crippen LogP contribution in [0.4, 0.5) is 5.69 Å². The lowest BCUT2D eigenvalue weighted by atomic mass is 10.1. The first-order valence-corrected chi connectivity index (χ1v) is 13.5. The predicted molar refractivity (Wildman–Crippen MR) is 147 cm³/mol. The molecule has 5 rings (SSSR count). The standard InChI is InChI=1S/C30H38N4O3/c1-23(35)34-18-8-16-32(25-13-19-37-20-14-25)15-7-17-33(21-24-9-3-5-11-28(24)34)30(36)27-22-31(2)29-12-6-4-10-26(27)29/h3-6,9-12,22,25H,7-8,13-21H2,1-2H3. The Morgan fingerprint density at radius 2 is 1.59 bits per heavy atom. The van der Waals surface area contributed by atoms with Crippen molar-refractivity contribution in [3.05, 3.63) is 65.9 Å². The molecule has 2 amide bonds. The lowest BCUT2D eigenvalue weighted by molar-refractivity contribution is -0.116. The number of hydrogen-bond acceptors (Lipinski definition) is 4. The van der Waals surface area contributed by atoms with E-state index < -0.39 is 0 Å². The fourth-order valence-electron chi connectivity index (χ4n) is 5.92. The van der Waals surface area contributed by atoms with Gasteiger partial charge in [-0.15, -0.1) is 0 Å². The van der Waals surface area contributed by atoms with Crippen molar-refractivity contribution < 1.29 is 14.3 Å². The molecule has 2 aliphatic heterocycles. The highest BCUT2D eigenvalue weighted by Crippen LogP contribution is 2.27. The molecule has 2 aromatic carbocycles. The van der Waals surface area contributed by atoms with Gasteiger partial charge >= 0.3 is 0 Å². The minimum Gasteiger partial charge on any atom is -0.381 e. The number of nitrogens with zero attached hydrogens (tertiary/aromatic N) is 4. The third kappa shape index (κ3) is 5.58. The van der Waals surface area contributed by atoms with Gasteiger partial charge in [-0.05, 0) is 43.4 Å². The van der Waals surface area contributed by atoms with Crippen LogP contribution in [0.1, 0.15) is 48.5 Å². The topological polar surface area (TPSA) is 58.0 Å². The van der Waals surface area contributed by atoms with Crippen LogP contribution in [0.15, 0.2) is 54.7 Å². The molecule has 7 heteroatoms. The van der Waals surface area contributed by atoms with Gasteiger partial charge in [-0.3, -0.25) is 9.59 Å². The van der Waals surface area contributed by atoms with Gasteiger partial charge in [0.25, 0.3) is 5.91 Å². The molecule has 0 saturated carbocycles. The van der Waals surface area contributed by atoms with Crippen LogP contribution < -0.4 is 4.90 Å². The largest absolute Gasteiger partial charge is 0.381 e. The summed E-state index contributed by atoms with van der Waals surface area (Å²) in [6.07, 6.45) is 5.86. The maximum Gasteiger partial charge on any atom is 0.256 e. The number of aromatic nitrogens is 1. The molecule has 3 aromatic rings. The molecule has 196 valence electrons. The van der Waals surface area contributed by atoms with E-state index in [0.717, 1.165) is 79.7 Å². The third-order valence-corrected chi connectivity index (χ3v) is 7.85. The molecule has 1 fully saturated rings. The SMILES string of the molecule is CC(=O)N1CCCN(C2CCOCC2)CCCN(C(=O)c2cn(C)c3ccccc23)Cc2ccccc21. The normalized spacial score (nSPS) is 18.8. The molecule has 0 spiro atoms. The van der Waals surface area contributed by atoms with Crippen LogP contribution in [0.3, 0.4) is 0 Å². The minimum absolute atomic E-state index is 0.0362. The van der Waals surface area contributed by atoms with Gasteiger partial charge in [-0.2, -0.15) is 0 Å². The number of benzene rings is 2. The number of para-hydroxylation sites is 2. The molecule has 2 aliphatic rings. The van der Waals surface area contributed by atoms with E-state index in [-0.39, 0.29) is 11.8 Å². The molecule has 0 N–H and O–H groups in total. The zero-order chi connectivity index (χ0) is 25.8. The zero-order valence-electron chi connectivity index (χ0n) is 22.1. The van der Waals surface area contributed by atoms with Crippen LogP contribution in [0.5, 0.6) is 0 Å². The smallest absolute Gasteiger partial charge is 0.256 e. The van der Waals surface area contributed by atoms with E-state index in [2.05, 4.69) is 11.0 Å². The summed E-state index contributed by atoms with van der Waals surface area (Å²) >= 11 is 0. The lowest BCUT2D eigenvalue weighted by Crippen LogP contribution is -2.43. The Hall–Kier alpha value is -3.16. The Morgan fingerprint density at radius 3 is 2.38 bits per heavy atom. The number of carbonyl (C=O) groups excluding carboxylic acids is 2. The Bertz CT molecular complexity index is 1250. The first kappa shape index (κ1) is 25.5. The second-order valence-corrected chi connectivity index (χ2v) is 10.3. The number of anilines is 1. The van der Waals surface area contributed by atoms with E-state index in [1.54, 1.807) is 6.92 Å². The average molecular weight is 503 g/mol. The maximum absolute atomic E-state index is 14.1. The molecule has 0 atom stereocenters. The summed E-state index contributed by atoms with van der Waals surface area (Å²) in [5.74, 6) is 0.0738. The van der Waals surface area contributed by atoms with E-state index >= 15 is 0 Å². The van der Waals surface area contributed by atoms with Crippen LogP contribution in [-0.4, -0.2) is 71.6 Å². The Balaban J connectivity index is 1.49. The third-order valence-electron chi connectivity index (χ3n) is 7.85. The second-order valence-electron chi connectivity index (χ2n) is 10.3. The van der Waals surface area contributed by atoms with Gasteiger partial charge in [0.15, 0.2) is 0 Å². The monoisotopic (exact) mass is 502 g/mol. The Labute approximate surface area is 219 Å². The first-order chi connectivity index (χ1) is 18.0. The van der Waals surface area contributed by atoms with Crippen LogP contribution in [0, 0.1) is 0 Å². The summed E-state index contributed by atoms with van der Waals surface area (Å²) in [5.41, 5.74) is 3.69. The van der Waals surface area contributed by atoms with Gasteiger partial charge in [0, 0.05) is 88.7 Å². The number of carbonyl (C=O) groups is 2. The van der Waals surface area contributed by atoms with Gasteiger partial charge in [0.1, 0.15) is 0 Å². The highest BCUT2D eigenvalue weighted by Gasteiger charge is 2.26. The predicted octanol–water partition coefficient (Wildman–Crippen LogP) is 4.45. The van der Waals surface area contributed by atoms with Gasteiger partial charge in [0.05, 0.1) is 5.56 Å². The molecular formula is C30H38N4O3. The van der Waals surface area contributed by atoms with E-state index in [1.165, 1.54) is 0 Å². The number of amides is 2.